The zero-order valence-electron chi connectivity index (χ0n) is 21.6. The molecule has 5 rings (SSSR count). The van der Waals surface area contributed by atoms with E-state index in [0.29, 0.717) is 39.0 Å². The van der Waals surface area contributed by atoms with Crippen LogP contribution in [0.2, 0.25) is 5.02 Å². The van der Waals surface area contributed by atoms with E-state index in [4.69, 9.17) is 16.3 Å². The molecule has 4 aromatic heterocycles. The van der Waals surface area contributed by atoms with E-state index in [-0.39, 0.29) is 24.5 Å². The van der Waals surface area contributed by atoms with Crippen molar-refractivity contribution in [1.29, 1.82) is 0 Å². The van der Waals surface area contributed by atoms with Gasteiger partial charge >= 0.3 is 6.18 Å². The van der Waals surface area contributed by atoms with Crippen LogP contribution in [-0.4, -0.2) is 34.3 Å². The van der Waals surface area contributed by atoms with Crippen molar-refractivity contribution in [3.63, 3.8) is 0 Å². The van der Waals surface area contributed by atoms with Crippen LogP contribution in [0.3, 0.4) is 0 Å². The van der Waals surface area contributed by atoms with Crippen molar-refractivity contribution in [2.45, 2.75) is 52.6 Å². The van der Waals surface area contributed by atoms with Gasteiger partial charge < -0.3 is 9.30 Å². The maximum absolute atomic E-state index is 13.3. The van der Waals surface area contributed by atoms with E-state index in [9.17, 15) is 13.2 Å². The van der Waals surface area contributed by atoms with Crippen LogP contribution in [0.4, 0.5) is 13.2 Å². The lowest BCUT2D eigenvalue weighted by molar-refractivity contribution is -0.140. The van der Waals surface area contributed by atoms with E-state index in [1.54, 1.807) is 47.4 Å². The van der Waals surface area contributed by atoms with Crippen LogP contribution in [0, 0.1) is 0 Å². The van der Waals surface area contributed by atoms with Crippen molar-refractivity contribution in [3.8, 4) is 28.8 Å². The molecule has 4 heterocycles. The molecule has 202 valence electrons. The van der Waals surface area contributed by atoms with Gasteiger partial charge in [0.25, 0.3) is 0 Å². The van der Waals surface area contributed by atoms with Crippen molar-refractivity contribution in [2.75, 3.05) is 0 Å². The normalized spacial score (nSPS) is 12.2. The summed E-state index contributed by atoms with van der Waals surface area (Å²) in [5.74, 6) is 0.912. The molecule has 12 heteroatoms. The molecular weight excluding hydrogens is 531 g/mol. The van der Waals surface area contributed by atoms with Gasteiger partial charge in [-0.05, 0) is 45.4 Å². The van der Waals surface area contributed by atoms with Crippen LogP contribution >= 0.6 is 11.6 Å². The molecule has 0 saturated carbocycles. The fourth-order valence-electron chi connectivity index (χ4n) is 4.13. The first-order valence-electron chi connectivity index (χ1n) is 12.3. The number of ether oxygens (including phenoxy) is 1. The third-order valence-electron chi connectivity index (χ3n) is 6.05. The monoisotopic (exact) mass is 555 g/mol. The molecule has 0 fully saturated rings. The highest BCUT2D eigenvalue weighted by atomic mass is 35.5. The minimum Gasteiger partial charge on any atom is -0.472 e. The van der Waals surface area contributed by atoms with Gasteiger partial charge in [-0.2, -0.15) is 23.3 Å². The molecule has 0 unspecified atom stereocenters. The molecule has 39 heavy (non-hydrogen) atoms. The Morgan fingerprint density at radius 3 is 2.38 bits per heavy atom. The number of benzene rings is 1. The third-order valence-corrected chi connectivity index (χ3v) is 6.33. The summed E-state index contributed by atoms with van der Waals surface area (Å²) in [4.78, 5) is 17.5. The highest BCUT2D eigenvalue weighted by Crippen LogP contribution is 2.34. The second kappa shape index (κ2) is 10.3. The van der Waals surface area contributed by atoms with Gasteiger partial charge in [-0.1, -0.05) is 35.9 Å². The lowest BCUT2D eigenvalue weighted by Gasteiger charge is -2.13. The Morgan fingerprint density at radius 2 is 1.72 bits per heavy atom. The first-order chi connectivity index (χ1) is 18.5. The highest BCUT2D eigenvalue weighted by molar-refractivity contribution is 6.32. The van der Waals surface area contributed by atoms with Gasteiger partial charge in [0, 0.05) is 30.0 Å². The number of pyridine rings is 1. The molecule has 0 spiro atoms. The lowest BCUT2D eigenvalue weighted by Crippen LogP contribution is -2.08. The Bertz CT molecular complexity index is 1630. The molecule has 5 aromatic rings. The van der Waals surface area contributed by atoms with Crippen LogP contribution in [0.15, 0.2) is 55.0 Å². The summed E-state index contributed by atoms with van der Waals surface area (Å²) in [5, 5.41) is 5.37. The standard InChI is InChI=1S/C27H25ClF3N7O/c1-15(2)37-13-21(27(29,30)31)34-25(37)18-9-7-17(8-10-18)14-39-26-19-6-5-11-32-23(19)35-24(36-26)22-20(28)12-33-38(22)16(3)4/h5-13,15-16H,14H2,1-4H3. The Hall–Kier alpha value is -3.99. The molecular formula is C27H25ClF3N7O. The first-order valence-corrected chi connectivity index (χ1v) is 12.6. The summed E-state index contributed by atoms with van der Waals surface area (Å²) in [5.41, 5.74) is 1.45. The summed E-state index contributed by atoms with van der Waals surface area (Å²) in [6.07, 6.45) is -0.296. The number of fused-ring (bicyclic) bond motifs is 1. The van der Waals surface area contributed by atoms with Crippen molar-refractivity contribution >= 4 is 22.6 Å². The molecule has 0 aliphatic heterocycles. The number of hydrogen-bond donors (Lipinski definition) is 0. The van der Waals surface area contributed by atoms with E-state index in [1.165, 1.54) is 4.57 Å². The van der Waals surface area contributed by atoms with E-state index in [0.717, 1.165) is 11.8 Å². The highest BCUT2D eigenvalue weighted by Gasteiger charge is 2.35. The molecule has 0 aliphatic carbocycles. The minimum atomic E-state index is -4.52. The second-order valence-corrected chi connectivity index (χ2v) is 9.95. The van der Waals surface area contributed by atoms with Crippen molar-refractivity contribution < 1.29 is 17.9 Å². The van der Waals surface area contributed by atoms with Gasteiger partial charge in [0.05, 0.1) is 16.6 Å². The Balaban J connectivity index is 1.44. The number of nitrogens with zero attached hydrogens (tertiary/aromatic N) is 7. The quantitative estimate of drug-likeness (QED) is 0.212. The number of imidazole rings is 1. The van der Waals surface area contributed by atoms with E-state index >= 15 is 0 Å². The third kappa shape index (κ3) is 5.31. The van der Waals surface area contributed by atoms with Gasteiger partial charge in [-0.25, -0.2) is 15.0 Å². The van der Waals surface area contributed by atoms with E-state index < -0.39 is 11.9 Å². The Labute approximate surface area is 227 Å². The Morgan fingerprint density at radius 1 is 0.974 bits per heavy atom. The summed E-state index contributed by atoms with van der Waals surface area (Å²) in [7, 11) is 0. The second-order valence-electron chi connectivity index (χ2n) is 9.54. The maximum Gasteiger partial charge on any atom is 0.434 e. The number of aromatic nitrogens is 7. The number of hydrogen-bond acceptors (Lipinski definition) is 6. The molecule has 0 atom stereocenters. The molecule has 0 aliphatic rings. The van der Waals surface area contributed by atoms with Crippen LogP contribution in [0.25, 0.3) is 33.9 Å². The summed E-state index contributed by atoms with van der Waals surface area (Å²) in [6.45, 7) is 7.73. The minimum absolute atomic E-state index is 0.0249. The summed E-state index contributed by atoms with van der Waals surface area (Å²) >= 11 is 6.43. The van der Waals surface area contributed by atoms with Gasteiger partial charge in [0.15, 0.2) is 17.2 Å². The van der Waals surface area contributed by atoms with E-state index in [2.05, 4.69) is 25.0 Å². The number of alkyl halides is 3. The number of rotatable bonds is 7. The summed E-state index contributed by atoms with van der Waals surface area (Å²) in [6, 6.07) is 10.4. The summed E-state index contributed by atoms with van der Waals surface area (Å²) < 4.78 is 49.2. The average molecular weight is 556 g/mol. The van der Waals surface area contributed by atoms with Crippen LogP contribution in [-0.2, 0) is 12.8 Å². The van der Waals surface area contributed by atoms with Gasteiger partial charge in [0.2, 0.25) is 5.88 Å². The predicted octanol–water partition coefficient (Wildman–Crippen LogP) is 7.16. The predicted molar refractivity (Wildman–Crippen MR) is 141 cm³/mol. The smallest absolute Gasteiger partial charge is 0.434 e. The Kier molecular flexibility index (Phi) is 7.02. The zero-order chi connectivity index (χ0) is 27.9. The fraction of sp³-hybridized carbons (Fsp3) is 0.296. The van der Waals surface area contributed by atoms with E-state index in [1.807, 2.05) is 33.8 Å². The molecule has 8 nitrogen and oxygen atoms in total. The first kappa shape index (κ1) is 26.6. The number of halogens is 4. The lowest BCUT2D eigenvalue weighted by atomic mass is 10.1. The SMILES string of the molecule is CC(C)n1cc(C(F)(F)F)nc1-c1ccc(COc2nc(-c3c(Cl)cnn3C(C)C)nc3ncccc23)cc1. The van der Waals surface area contributed by atoms with Crippen molar-refractivity contribution in [2.24, 2.45) is 0 Å². The topological polar surface area (TPSA) is 83.5 Å². The van der Waals surface area contributed by atoms with Gasteiger partial charge in [-0.3, -0.25) is 4.68 Å². The van der Waals surface area contributed by atoms with Crippen LogP contribution in [0.5, 0.6) is 5.88 Å². The van der Waals surface area contributed by atoms with Crippen molar-refractivity contribution in [3.05, 3.63) is 71.3 Å². The molecule has 0 saturated heterocycles. The molecule has 0 amide bonds. The maximum atomic E-state index is 13.3. The van der Waals surface area contributed by atoms with Crippen LogP contribution < -0.4 is 4.74 Å². The molecule has 0 N–H and O–H groups in total. The molecule has 0 bridgehead atoms. The van der Waals surface area contributed by atoms with Crippen molar-refractivity contribution in [1.82, 2.24) is 34.3 Å². The molecule has 1 aromatic carbocycles. The fourth-order valence-corrected chi connectivity index (χ4v) is 4.35. The largest absolute Gasteiger partial charge is 0.472 e. The molecule has 0 radical (unpaired) electrons. The van der Waals surface area contributed by atoms with Crippen LogP contribution in [0.1, 0.15) is 51.0 Å². The van der Waals surface area contributed by atoms with Gasteiger partial charge in [-0.15, -0.1) is 0 Å². The zero-order valence-corrected chi connectivity index (χ0v) is 22.4. The average Bonchev–Trinajstić information content (AvgIpc) is 3.52. The van der Waals surface area contributed by atoms with Gasteiger partial charge in [0.1, 0.15) is 18.1 Å².